The van der Waals surface area contributed by atoms with E-state index in [1.54, 1.807) is 0 Å². The summed E-state index contributed by atoms with van der Waals surface area (Å²) in [5.41, 5.74) is 5.44. The van der Waals surface area contributed by atoms with Gasteiger partial charge in [-0.25, -0.2) is 21.6 Å². The molecule has 1 aliphatic rings. The van der Waals surface area contributed by atoms with Crippen LogP contribution in [0.25, 0.3) is 0 Å². The van der Waals surface area contributed by atoms with Crippen LogP contribution in [0.2, 0.25) is 0 Å². The van der Waals surface area contributed by atoms with E-state index < -0.39 is 32.4 Å². The Hall–Kier alpha value is -1.12. The van der Waals surface area contributed by atoms with Crippen LogP contribution in [0.1, 0.15) is 6.42 Å². The van der Waals surface area contributed by atoms with Gasteiger partial charge in [-0.15, -0.1) is 0 Å². The molecule has 1 aromatic carbocycles. The van der Waals surface area contributed by atoms with Crippen molar-refractivity contribution in [3.63, 3.8) is 0 Å². The Morgan fingerprint density at radius 1 is 1.26 bits per heavy atom. The van der Waals surface area contributed by atoms with Crippen molar-refractivity contribution in [3.8, 4) is 0 Å². The first-order valence-electron chi connectivity index (χ1n) is 5.71. The fraction of sp³-hybridized carbons (Fsp3) is 0.455. The summed E-state index contributed by atoms with van der Waals surface area (Å²) >= 11 is 0. The average Bonchev–Trinajstić information content (AvgIpc) is 2.75. The van der Waals surface area contributed by atoms with Crippen LogP contribution >= 0.6 is 0 Å². The third kappa shape index (κ3) is 2.60. The van der Waals surface area contributed by atoms with Crippen LogP contribution in [0.5, 0.6) is 0 Å². The zero-order valence-corrected chi connectivity index (χ0v) is 10.8. The van der Waals surface area contributed by atoms with E-state index in [1.807, 2.05) is 0 Å². The van der Waals surface area contributed by atoms with Gasteiger partial charge in [0.1, 0.15) is 17.5 Å². The molecule has 0 aliphatic carbocycles. The van der Waals surface area contributed by atoms with Crippen molar-refractivity contribution in [2.24, 2.45) is 11.7 Å². The van der Waals surface area contributed by atoms with Crippen LogP contribution in [-0.4, -0.2) is 32.4 Å². The van der Waals surface area contributed by atoms with Gasteiger partial charge < -0.3 is 5.73 Å². The zero-order valence-electron chi connectivity index (χ0n) is 9.94. The van der Waals surface area contributed by atoms with Crippen molar-refractivity contribution in [2.75, 3.05) is 19.6 Å². The van der Waals surface area contributed by atoms with Gasteiger partial charge in [-0.1, -0.05) is 0 Å². The number of sulfonamides is 1. The third-order valence-corrected chi connectivity index (χ3v) is 5.06. The molecule has 0 saturated carbocycles. The summed E-state index contributed by atoms with van der Waals surface area (Å²) in [6.45, 7) is 0.579. The van der Waals surface area contributed by atoms with Crippen LogP contribution < -0.4 is 5.73 Å². The molecule has 1 saturated heterocycles. The molecule has 2 rings (SSSR count). The van der Waals surface area contributed by atoms with E-state index >= 15 is 0 Å². The number of halogens is 3. The summed E-state index contributed by atoms with van der Waals surface area (Å²) in [4.78, 5) is -1.11. The fourth-order valence-electron chi connectivity index (χ4n) is 2.11. The number of nitrogens with two attached hydrogens (primary N) is 1. The topological polar surface area (TPSA) is 63.4 Å². The number of hydrogen-bond donors (Lipinski definition) is 1. The van der Waals surface area contributed by atoms with E-state index in [0.717, 1.165) is 4.31 Å². The van der Waals surface area contributed by atoms with Crippen molar-refractivity contribution in [1.82, 2.24) is 4.31 Å². The van der Waals surface area contributed by atoms with Crippen LogP contribution in [-0.2, 0) is 10.0 Å². The Kier molecular flexibility index (Phi) is 3.84. The molecule has 0 aromatic heterocycles. The summed E-state index contributed by atoms with van der Waals surface area (Å²) in [6, 6.07) is 0.707. The van der Waals surface area contributed by atoms with E-state index in [0.29, 0.717) is 25.1 Å². The minimum absolute atomic E-state index is 0.0265. The van der Waals surface area contributed by atoms with Crippen molar-refractivity contribution in [2.45, 2.75) is 11.3 Å². The molecule has 1 heterocycles. The SMILES string of the molecule is NCC1CCN(S(=O)(=O)c2c(F)cc(F)cc2F)C1. The van der Waals surface area contributed by atoms with Gasteiger partial charge >= 0.3 is 0 Å². The Labute approximate surface area is 109 Å². The summed E-state index contributed by atoms with van der Waals surface area (Å²) in [6.07, 6.45) is 0.542. The van der Waals surface area contributed by atoms with Gasteiger partial charge in [0.15, 0.2) is 4.90 Å². The second-order valence-electron chi connectivity index (χ2n) is 4.45. The number of benzene rings is 1. The van der Waals surface area contributed by atoms with Crippen LogP contribution in [0.15, 0.2) is 17.0 Å². The van der Waals surface area contributed by atoms with Gasteiger partial charge in [-0.3, -0.25) is 0 Å². The largest absolute Gasteiger partial charge is 0.330 e. The van der Waals surface area contributed by atoms with Gasteiger partial charge in [0, 0.05) is 25.2 Å². The molecular formula is C11H13F3N2O2S. The molecule has 1 aliphatic heterocycles. The lowest BCUT2D eigenvalue weighted by atomic mass is 10.1. The lowest BCUT2D eigenvalue weighted by Gasteiger charge is -2.17. The maximum atomic E-state index is 13.5. The minimum Gasteiger partial charge on any atom is -0.330 e. The Bertz CT molecular complexity index is 569. The van der Waals surface area contributed by atoms with E-state index in [2.05, 4.69) is 0 Å². The highest BCUT2D eigenvalue weighted by molar-refractivity contribution is 7.89. The molecule has 1 fully saturated rings. The van der Waals surface area contributed by atoms with Crippen molar-refractivity contribution < 1.29 is 21.6 Å². The van der Waals surface area contributed by atoms with E-state index in [1.165, 1.54) is 0 Å². The Morgan fingerprint density at radius 3 is 2.32 bits per heavy atom. The summed E-state index contributed by atoms with van der Waals surface area (Å²) in [5, 5.41) is 0. The lowest BCUT2D eigenvalue weighted by molar-refractivity contribution is 0.439. The third-order valence-electron chi connectivity index (χ3n) is 3.14. The Morgan fingerprint density at radius 2 is 1.84 bits per heavy atom. The zero-order chi connectivity index (χ0) is 14.2. The van der Waals surface area contributed by atoms with E-state index in [4.69, 9.17) is 5.73 Å². The molecule has 1 unspecified atom stereocenters. The van der Waals surface area contributed by atoms with Gasteiger partial charge in [-0.2, -0.15) is 4.31 Å². The highest BCUT2D eigenvalue weighted by atomic mass is 32.2. The van der Waals surface area contributed by atoms with Crippen molar-refractivity contribution in [3.05, 3.63) is 29.6 Å². The first-order valence-corrected chi connectivity index (χ1v) is 7.15. The first kappa shape index (κ1) is 14.3. The van der Waals surface area contributed by atoms with Crippen LogP contribution in [0.3, 0.4) is 0 Å². The van der Waals surface area contributed by atoms with Crippen molar-refractivity contribution in [1.29, 1.82) is 0 Å². The second-order valence-corrected chi connectivity index (χ2v) is 6.33. The standard InChI is InChI=1S/C11H13F3N2O2S/c12-8-3-9(13)11(10(14)4-8)19(17,18)16-2-1-7(5-15)6-16/h3-4,7H,1-2,5-6,15H2. The lowest BCUT2D eigenvalue weighted by Crippen LogP contribution is -2.31. The summed E-state index contributed by atoms with van der Waals surface area (Å²) in [5.74, 6) is -4.03. The van der Waals surface area contributed by atoms with Gasteiger partial charge in [0.05, 0.1) is 0 Å². The Balaban J connectivity index is 2.41. The molecule has 0 radical (unpaired) electrons. The number of nitrogens with zero attached hydrogens (tertiary/aromatic N) is 1. The van der Waals surface area contributed by atoms with Crippen molar-refractivity contribution >= 4 is 10.0 Å². The normalized spacial score (nSPS) is 20.9. The number of hydrogen-bond acceptors (Lipinski definition) is 3. The number of rotatable bonds is 3. The second kappa shape index (κ2) is 5.10. The molecule has 19 heavy (non-hydrogen) atoms. The molecule has 0 spiro atoms. The average molecular weight is 294 g/mol. The van der Waals surface area contributed by atoms with Crippen LogP contribution in [0, 0.1) is 23.4 Å². The minimum atomic E-state index is -4.30. The molecule has 8 heteroatoms. The first-order chi connectivity index (χ1) is 8.86. The fourth-order valence-corrected chi connectivity index (χ4v) is 3.73. The maximum Gasteiger partial charge on any atom is 0.248 e. The van der Waals surface area contributed by atoms with Gasteiger partial charge in [-0.05, 0) is 18.9 Å². The highest BCUT2D eigenvalue weighted by Gasteiger charge is 2.35. The quantitative estimate of drug-likeness (QED) is 0.907. The van der Waals surface area contributed by atoms with Gasteiger partial charge in [0.2, 0.25) is 10.0 Å². The predicted octanol–water partition coefficient (Wildman–Crippen LogP) is 1.07. The molecule has 0 amide bonds. The molecule has 4 nitrogen and oxygen atoms in total. The maximum absolute atomic E-state index is 13.5. The summed E-state index contributed by atoms with van der Waals surface area (Å²) < 4.78 is 65.1. The molecule has 106 valence electrons. The molecule has 0 bridgehead atoms. The molecule has 1 aromatic rings. The van der Waals surface area contributed by atoms with Gasteiger partial charge in [0.25, 0.3) is 0 Å². The molecule has 2 N–H and O–H groups in total. The smallest absolute Gasteiger partial charge is 0.248 e. The monoisotopic (exact) mass is 294 g/mol. The highest BCUT2D eigenvalue weighted by Crippen LogP contribution is 2.27. The molecular weight excluding hydrogens is 281 g/mol. The predicted molar refractivity (Wildman–Crippen MR) is 62.2 cm³/mol. The molecule has 1 atom stereocenters. The van der Waals surface area contributed by atoms with Crippen LogP contribution in [0.4, 0.5) is 13.2 Å². The van der Waals surface area contributed by atoms with E-state index in [-0.39, 0.29) is 19.0 Å². The summed E-state index contributed by atoms with van der Waals surface area (Å²) in [7, 11) is -4.30. The van der Waals surface area contributed by atoms with E-state index in [9.17, 15) is 21.6 Å².